The maximum Gasteiger partial charge on any atom is 0.261 e. The van der Waals surface area contributed by atoms with Crippen LogP contribution >= 0.6 is 27.3 Å². The van der Waals surface area contributed by atoms with E-state index in [0.29, 0.717) is 17.2 Å². The Bertz CT molecular complexity index is 1180. The van der Waals surface area contributed by atoms with Gasteiger partial charge in [-0.1, -0.05) is 15.9 Å². The molecule has 0 saturated carbocycles. The van der Waals surface area contributed by atoms with Crippen LogP contribution in [0.1, 0.15) is 21.2 Å². The molecule has 148 valence electrons. The van der Waals surface area contributed by atoms with Crippen molar-refractivity contribution in [2.45, 2.75) is 13.5 Å². The van der Waals surface area contributed by atoms with Crippen molar-refractivity contribution >= 4 is 49.5 Å². The number of fused-ring (bicyclic) bond motifs is 1. The third-order valence-corrected chi connectivity index (χ3v) is 5.93. The molecule has 0 atom stereocenters. The first-order chi connectivity index (χ1) is 13.9. The molecule has 0 aliphatic rings. The number of halogens is 1. The highest BCUT2D eigenvalue weighted by atomic mass is 79.9. The van der Waals surface area contributed by atoms with E-state index in [0.717, 1.165) is 32.1 Å². The molecule has 1 N–H and O–H groups in total. The van der Waals surface area contributed by atoms with Crippen LogP contribution in [0.2, 0.25) is 0 Å². The summed E-state index contributed by atoms with van der Waals surface area (Å²) in [6, 6.07) is 11.7. The smallest absolute Gasteiger partial charge is 0.261 e. The van der Waals surface area contributed by atoms with Gasteiger partial charge in [0, 0.05) is 30.5 Å². The van der Waals surface area contributed by atoms with Crippen molar-refractivity contribution in [1.29, 1.82) is 0 Å². The highest BCUT2D eigenvalue weighted by molar-refractivity contribution is 9.10. The van der Waals surface area contributed by atoms with E-state index in [2.05, 4.69) is 35.8 Å². The molecule has 4 rings (SSSR count). The number of nitrogens with one attached hydrogen (secondary N) is 1. The number of aromatic nitrogens is 4. The Morgan fingerprint density at radius 2 is 1.97 bits per heavy atom. The summed E-state index contributed by atoms with van der Waals surface area (Å²) in [6.07, 6.45) is 1.69. The van der Waals surface area contributed by atoms with Crippen molar-refractivity contribution in [2.24, 2.45) is 0 Å². The minimum absolute atomic E-state index is 0.141. The maximum absolute atomic E-state index is 12.7. The Balaban J connectivity index is 1.65. The lowest BCUT2D eigenvalue weighted by molar-refractivity contribution is 0.0954. The lowest BCUT2D eigenvalue weighted by atomic mass is 10.3. The first-order valence-electron chi connectivity index (χ1n) is 8.94. The fourth-order valence-corrected chi connectivity index (χ4v) is 4.25. The lowest BCUT2D eigenvalue weighted by Crippen LogP contribution is -2.22. The number of carbonyl (C=O) groups is 1. The van der Waals surface area contributed by atoms with Crippen molar-refractivity contribution in [3.8, 4) is 5.69 Å². The fourth-order valence-electron chi connectivity index (χ4n) is 2.96. The summed E-state index contributed by atoms with van der Waals surface area (Å²) >= 11 is 4.90. The van der Waals surface area contributed by atoms with Gasteiger partial charge in [-0.2, -0.15) is 0 Å². The second kappa shape index (κ2) is 7.92. The third kappa shape index (κ3) is 4.01. The molecular weight excluding hydrogens is 452 g/mol. The molecule has 0 aliphatic carbocycles. The number of hydrogen-bond acceptors (Lipinski definition) is 6. The van der Waals surface area contributed by atoms with E-state index in [1.807, 2.05) is 56.3 Å². The number of hydrogen-bond donors (Lipinski definition) is 1. The van der Waals surface area contributed by atoms with Crippen LogP contribution in [0.15, 0.2) is 47.1 Å². The van der Waals surface area contributed by atoms with Crippen LogP contribution < -0.4 is 10.2 Å². The molecule has 9 heteroatoms. The summed E-state index contributed by atoms with van der Waals surface area (Å²) < 4.78 is 3.08. The Morgan fingerprint density at radius 3 is 2.66 bits per heavy atom. The Morgan fingerprint density at radius 1 is 1.21 bits per heavy atom. The van der Waals surface area contributed by atoms with Crippen molar-refractivity contribution < 1.29 is 4.79 Å². The average molecular weight is 471 g/mol. The first kappa shape index (κ1) is 19.5. The molecule has 0 bridgehead atoms. The van der Waals surface area contributed by atoms with Crippen LogP contribution in [0.3, 0.4) is 0 Å². The van der Waals surface area contributed by atoms with Crippen LogP contribution in [-0.2, 0) is 6.54 Å². The number of rotatable bonds is 5. The van der Waals surface area contributed by atoms with Gasteiger partial charge in [0.1, 0.15) is 16.2 Å². The predicted molar refractivity (Wildman–Crippen MR) is 119 cm³/mol. The Labute approximate surface area is 180 Å². The van der Waals surface area contributed by atoms with Gasteiger partial charge in [0.15, 0.2) is 0 Å². The molecule has 0 unspecified atom stereocenters. The van der Waals surface area contributed by atoms with Crippen molar-refractivity contribution in [3.63, 3.8) is 0 Å². The molecule has 1 amide bonds. The van der Waals surface area contributed by atoms with Gasteiger partial charge in [0.2, 0.25) is 5.95 Å². The van der Waals surface area contributed by atoms with E-state index in [9.17, 15) is 4.79 Å². The Hall–Kier alpha value is -2.78. The maximum atomic E-state index is 12.7. The minimum Gasteiger partial charge on any atom is -0.348 e. The van der Waals surface area contributed by atoms with Crippen LogP contribution in [0.25, 0.3) is 16.0 Å². The van der Waals surface area contributed by atoms with Gasteiger partial charge in [-0.05, 0) is 43.3 Å². The van der Waals surface area contributed by atoms with Gasteiger partial charge in [-0.15, -0.1) is 11.3 Å². The number of carbonyl (C=O) groups excluding carboxylic acids is 1. The fraction of sp³-hybridized carbons (Fsp3) is 0.200. The summed E-state index contributed by atoms with van der Waals surface area (Å²) in [5.74, 6) is 1.36. The molecule has 3 heterocycles. The van der Waals surface area contributed by atoms with Gasteiger partial charge in [-0.25, -0.2) is 15.0 Å². The van der Waals surface area contributed by atoms with E-state index >= 15 is 0 Å². The quantitative estimate of drug-likeness (QED) is 0.477. The monoisotopic (exact) mass is 470 g/mol. The molecule has 0 aliphatic heterocycles. The van der Waals surface area contributed by atoms with Crippen molar-refractivity contribution in [1.82, 2.24) is 24.8 Å². The number of anilines is 1. The van der Waals surface area contributed by atoms with Crippen LogP contribution in [0, 0.1) is 6.92 Å². The summed E-state index contributed by atoms with van der Waals surface area (Å²) in [5, 5.41) is 2.92. The number of amides is 1. The molecule has 0 fully saturated rings. The molecule has 4 aromatic rings. The van der Waals surface area contributed by atoms with Crippen LogP contribution in [0.5, 0.6) is 0 Å². The Kier molecular flexibility index (Phi) is 5.33. The SMILES string of the molecule is Cc1nccc(CNC(=O)c2cc3nc(N(C)C)n(-c4ccc(Br)cc4)c3s2)n1. The van der Waals surface area contributed by atoms with E-state index in [-0.39, 0.29) is 5.91 Å². The van der Waals surface area contributed by atoms with E-state index in [1.54, 1.807) is 12.3 Å². The molecule has 0 saturated heterocycles. The summed E-state index contributed by atoms with van der Waals surface area (Å²) in [7, 11) is 3.91. The average Bonchev–Trinajstić information content (AvgIpc) is 3.25. The molecule has 0 spiro atoms. The predicted octanol–water partition coefficient (Wildman–Crippen LogP) is 3.94. The molecule has 29 heavy (non-hydrogen) atoms. The number of thiophene rings is 1. The van der Waals surface area contributed by atoms with Gasteiger partial charge >= 0.3 is 0 Å². The van der Waals surface area contributed by atoms with E-state index < -0.39 is 0 Å². The van der Waals surface area contributed by atoms with Gasteiger partial charge in [0.25, 0.3) is 5.91 Å². The zero-order valence-electron chi connectivity index (χ0n) is 16.2. The van der Waals surface area contributed by atoms with Gasteiger partial charge < -0.3 is 10.2 Å². The van der Waals surface area contributed by atoms with Crippen LogP contribution in [0.4, 0.5) is 5.95 Å². The third-order valence-electron chi connectivity index (χ3n) is 4.29. The zero-order valence-corrected chi connectivity index (χ0v) is 18.6. The number of aryl methyl sites for hydroxylation is 1. The summed E-state index contributed by atoms with van der Waals surface area (Å²) in [4.78, 5) is 29.3. The van der Waals surface area contributed by atoms with Gasteiger partial charge in [0.05, 0.1) is 17.1 Å². The topological polar surface area (TPSA) is 75.9 Å². The first-order valence-corrected chi connectivity index (χ1v) is 10.6. The van der Waals surface area contributed by atoms with E-state index in [4.69, 9.17) is 4.98 Å². The highest BCUT2D eigenvalue weighted by Crippen LogP contribution is 2.33. The summed E-state index contributed by atoms with van der Waals surface area (Å²) in [6.45, 7) is 2.18. The van der Waals surface area contributed by atoms with Crippen molar-refractivity contribution in [3.05, 3.63) is 63.5 Å². The summed E-state index contributed by atoms with van der Waals surface area (Å²) in [5.41, 5.74) is 2.56. The largest absolute Gasteiger partial charge is 0.348 e. The lowest BCUT2D eigenvalue weighted by Gasteiger charge is -2.14. The van der Waals surface area contributed by atoms with E-state index in [1.165, 1.54) is 11.3 Å². The number of imidazole rings is 1. The minimum atomic E-state index is -0.141. The van der Waals surface area contributed by atoms with Gasteiger partial charge in [-0.3, -0.25) is 9.36 Å². The normalized spacial score (nSPS) is 11.0. The highest BCUT2D eigenvalue weighted by Gasteiger charge is 2.19. The molecule has 7 nitrogen and oxygen atoms in total. The van der Waals surface area contributed by atoms with Crippen molar-refractivity contribution in [2.75, 3.05) is 19.0 Å². The second-order valence-corrected chi connectivity index (χ2v) is 8.64. The molecule has 3 aromatic heterocycles. The number of nitrogens with zero attached hydrogens (tertiary/aromatic N) is 5. The zero-order chi connectivity index (χ0) is 20.5. The van der Waals surface area contributed by atoms with Crippen LogP contribution in [-0.4, -0.2) is 39.5 Å². The second-order valence-electron chi connectivity index (χ2n) is 6.70. The molecular formula is C20H19BrN6OS. The molecule has 1 aromatic carbocycles. The molecule has 0 radical (unpaired) electrons. The number of benzene rings is 1. The standard InChI is InChI=1S/C20H19BrN6OS/c1-12-22-9-8-14(24-12)11-23-18(28)17-10-16-19(29-17)27(20(25-16)26(2)3)15-6-4-13(21)5-7-15/h4-10H,11H2,1-3H3,(H,23,28).